The normalized spacial score (nSPS) is 17.3. The zero-order valence-electron chi connectivity index (χ0n) is 19.2. The standard InChI is InChI=1S/C26H30N4O3S/c31-26(28-25-12-15-27-30(25)19-20-6-2-1-3-7-20)22-13-16-29(17-14-22)34(32,33)24-11-10-21-8-4-5-9-23(21)18-24/h1-3,6-7,10-12,15,18,22H,4-5,8-9,13-14,16-17,19H2,(H,28,31). The van der Waals surface area contributed by atoms with Gasteiger partial charge in [-0.1, -0.05) is 36.4 Å². The third-order valence-corrected chi connectivity index (χ3v) is 8.82. The molecule has 0 spiro atoms. The summed E-state index contributed by atoms with van der Waals surface area (Å²) in [5.74, 6) is 0.341. The number of rotatable bonds is 6. The van der Waals surface area contributed by atoms with Crippen molar-refractivity contribution in [2.75, 3.05) is 18.4 Å². The summed E-state index contributed by atoms with van der Waals surface area (Å²) < 4.78 is 29.8. The van der Waals surface area contributed by atoms with Crippen molar-refractivity contribution in [1.29, 1.82) is 0 Å². The molecular formula is C26H30N4O3S. The number of anilines is 1. The van der Waals surface area contributed by atoms with Crippen molar-refractivity contribution in [2.24, 2.45) is 5.92 Å². The fourth-order valence-corrected chi connectivity index (χ4v) is 6.45. The van der Waals surface area contributed by atoms with Crippen LogP contribution in [0.2, 0.25) is 0 Å². The van der Waals surface area contributed by atoms with Crippen LogP contribution in [0.1, 0.15) is 42.4 Å². The molecule has 0 saturated carbocycles. The van der Waals surface area contributed by atoms with Gasteiger partial charge in [0.1, 0.15) is 5.82 Å². The number of aromatic nitrogens is 2. The van der Waals surface area contributed by atoms with Crippen LogP contribution in [0.5, 0.6) is 0 Å². The number of piperidine rings is 1. The summed E-state index contributed by atoms with van der Waals surface area (Å²) in [7, 11) is -3.55. The third kappa shape index (κ3) is 4.79. The predicted octanol–water partition coefficient (Wildman–Crippen LogP) is 3.85. The van der Waals surface area contributed by atoms with Crippen LogP contribution >= 0.6 is 0 Å². The van der Waals surface area contributed by atoms with Crippen LogP contribution in [0.4, 0.5) is 5.82 Å². The van der Waals surface area contributed by atoms with Gasteiger partial charge in [0.05, 0.1) is 17.6 Å². The Morgan fingerprint density at radius 2 is 1.71 bits per heavy atom. The van der Waals surface area contributed by atoms with Gasteiger partial charge in [-0.3, -0.25) is 4.79 Å². The molecule has 0 atom stereocenters. The molecule has 2 heterocycles. The van der Waals surface area contributed by atoms with Gasteiger partial charge in [-0.15, -0.1) is 0 Å². The molecule has 0 bridgehead atoms. The number of nitrogens with one attached hydrogen (secondary N) is 1. The minimum atomic E-state index is -3.55. The van der Waals surface area contributed by atoms with Crippen molar-refractivity contribution >= 4 is 21.7 Å². The topological polar surface area (TPSA) is 84.3 Å². The van der Waals surface area contributed by atoms with E-state index in [9.17, 15) is 13.2 Å². The van der Waals surface area contributed by atoms with E-state index in [4.69, 9.17) is 0 Å². The highest BCUT2D eigenvalue weighted by molar-refractivity contribution is 7.89. The number of amides is 1. The lowest BCUT2D eigenvalue weighted by Gasteiger charge is -2.31. The van der Waals surface area contributed by atoms with Crippen molar-refractivity contribution in [1.82, 2.24) is 14.1 Å². The smallest absolute Gasteiger partial charge is 0.243 e. The number of nitrogens with zero attached hydrogens (tertiary/aromatic N) is 3. The molecule has 2 aromatic carbocycles. The molecule has 0 unspecified atom stereocenters. The highest BCUT2D eigenvalue weighted by atomic mass is 32.2. The summed E-state index contributed by atoms with van der Waals surface area (Å²) in [6.45, 7) is 1.27. The van der Waals surface area contributed by atoms with Crippen LogP contribution in [-0.2, 0) is 34.2 Å². The Morgan fingerprint density at radius 3 is 2.47 bits per heavy atom. The van der Waals surface area contributed by atoms with Crippen LogP contribution in [-0.4, -0.2) is 41.5 Å². The fourth-order valence-electron chi connectivity index (χ4n) is 4.93. The van der Waals surface area contributed by atoms with Crippen LogP contribution < -0.4 is 5.32 Å². The van der Waals surface area contributed by atoms with Gasteiger partial charge in [0, 0.05) is 25.1 Å². The first-order valence-electron chi connectivity index (χ1n) is 12.0. The maximum atomic E-state index is 13.2. The molecule has 8 heteroatoms. The minimum Gasteiger partial charge on any atom is -0.311 e. The number of aryl methyl sites for hydroxylation is 2. The molecule has 178 valence electrons. The van der Waals surface area contributed by atoms with Crippen molar-refractivity contribution in [3.05, 3.63) is 77.5 Å². The van der Waals surface area contributed by atoms with E-state index in [0.29, 0.717) is 43.2 Å². The van der Waals surface area contributed by atoms with E-state index in [0.717, 1.165) is 30.4 Å². The molecule has 0 radical (unpaired) electrons. The van der Waals surface area contributed by atoms with Gasteiger partial charge in [-0.05, 0) is 67.3 Å². The fraction of sp³-hybridized carbons (Fsp3) is 0.385. The molecule has 1 amide bonds. The highest BCUT2D eigenvalue weighted by Crippen LogP contribution is 2.28. The number of sulfonamides is 1. The van der Waals surface area contributed by atoms with Gasteiger partial charge >= 0.3 is 0 Å². The van der Waals surface area contributed by atoms with Crippen LogP contribution in [0.15, 0.2) is 65.7 Å². The summed E-state index contributed by atoms with van der Waals surface area (Å²) in [6.07, 6.45) is 6.93. The summed E-state index contributed by atoms with van der Waals surface area (Å²) in [5, 5.41) is 7.33. The van der Waals surface area contributed by atoms with Crippen molar-refractivity contribution in [3.8, 4) is 0 Å². The summed E-state index contributed by atoms with van der Waals surface area (Å²) >= 11 is 0. The van der Waals surface area contributed by atoms with Crippen LogP contribution in [0.3, 0.4) is 0 Å². The van der Waals surface area contributed by atoms with E-state index in [1.165, 1.54) is 16.3 Å². The lowest BCUT2D eigenvalue weighted by molar-refractivity contribution is -0.121. The van der Waals surface area contributed by atoms with Gasteiger partial charge in [0.15, 0.2) is 0 Å². The van der Waals surface area contributed by atoms with E-state index in [1.54, 1.807) is 23.0 Å². The van der Waals surface area contributed by atoms with Crippen molar-refractivity contribution < 1.29 is 13.2 Å². The van der Waals surface area contributed by atoms with Crippen LogP contribution in [0, 0.1) is 5.92 Å². The average molecular weight is 479 g/mol. The minimum absolute atomic E-state index is 0.0827. The summed E-state index contributed by atoms with van der Waals surface area (Å²) in [5.41, 5.74) is 3.53. The van der Waals surface area contributed by atoms with Gasteiger partial charge in [-0.25, -0.2) is 13.1 Å². The molecule has 2 aliphatic rings. The SMILES string of the molecule is O=C(Nc1ccnn1Cc1ccccc1)C1CCN(S(=O)(=O)c2ccc3c(c2)CCCC3)CC1. The Morgan fingerprint density at radius 1 is 0.971 bits per heavy atom. The Balaban J connectivity index is 1.20. The van der Waals surface area contributed by atoms with E-state index >= 15 is 0 Å². The Kier molecular flexibility index (Phi) is 6.52. The van der Waals surface area contributed by atoms with E-state index in [-0.39, 0.29) is 11.8 Å². The molecule has 1 aromatic heterocycles. The average Bonchev–Trinajstić information content (AvgIpc) is 3.30. The first-order chi connectivity index (χ1) is 16.5. The van der Waals surface area contributed by atoms with Gasteiger partial charge in [-0.2, -0.15) is 9.40 Å². The number of hydrogen-bond donors (Lipinski definition) is 1. The highest BCUT2D eigenvalue weighted by Gasteiger charge is 2.32. The van der Waals surface area contributed by atoms with Gasteiger partial charge in [0.2, 0.25) is 15.9 Å². The molecular weight excluding hydrogens is 448 g/mol. The number of carbonyl (C=O) groups is 1. The largest absolute Gasteiger partial charge is 0.311 e. The maximum absolute atomic E-state index is 13.2. The monoisotopic (exact) mass is 478 g/mol. The lowest BCUT2D eigenvalue weighted by atomic mass is 9.92. The quantitative estimate of drug-likeness (QED) is 0.583. The Labute approximate surface area is 200 Å². The second-order valence-electron chi connectivity index (χ2n) is 9.16. The predicted molar refractivity (Wildman–Crippen MR) is 131 cm³/mol. The molecule has 1 aliphatic heterocycles. The zero-order chi connectivity index (χ0) is 23.5. The molecule has 34 heavy (non-hydrogen) atoms. The molecule has 1 aliphatic carbocycles. The van der Waals surface area contributed by atoms with Gasteiger partial charge in [0.25, 0.3) is 0 Å². The van der Waals surface area contributed by atoms with Gasteiger partial charge < -0.3 is 5.32 Å². The maximum Gasteiger partial charge on any atom is 0.243 e. The molecule has 7 nitrogen and oxygen atoms in total. The molecule has 5 rings (SSSR count). The number of carbonyl (C=O) groups excluding carboxylic acids is 1. The third-order valence-electron chi connectivity index (χ3n) is 6.93. The van der Waals surface area contributed by atoms with E-state index in [2.05, 4.69) is 10.4 Å². The Hall–Kier alpha value is -2.97. The van der Waals surface area contributed by atoms with Crippen molar-refractivity contribution in [2.45, 2.75) is 50.0 Å². The van der Waals surface area contributed by atoms with E-state index < -0.39 is 10.0 Å². The number of fused-ring (bicyclic) bond motifs is 1. The summed E-state index contributed by atoms with van der Waals surface area (Å²) in [6, 6.07) is 17.3. The summed E-state index contributed by atoms with van der Waals surface area (Å²) in [4.78, 5) is 13.3. The number of benzene rings is 2. The second kappa shape index (κ2) is 9.72. The van der Waals surface area contributed by atoms with Crippen LogP contribution in [0.25, 0.3) is 0 Å². The molecule has 3 aromatic rings. The number of hydrogen-bond acceptors (Lipinski definition) is 4. The first kappa shape index (κ1) is 22.8. The lowest BCUT2D eigenvalue weighted by Crippen LogP contribution is -2.41. The zero-order valence-corrected chi connectivity index (χ0v) is 20.0. The second-order valence-corrected chi connectivity index (χ2v) is 11.1. The molecule has 1 N–H and O–H groups in total. The molecule has 1 fully saturated rings. The van der Waals surface area contributed by atoms with E-state index in [1.807, 2.05) is 42.5 Å². The molecule has 1 saturated heterocycles. The Bertz CT molecular complexity index is 1260. The van der Waals surface area contributed by atoms with Crippen molar-refractivity contribution in [3.63, 3.8) is 0 Å². The first-order valence-corrected chi connectivity index (χ1v) is 13.4.